The highest BCUT2D eigenvalue weighted by molar-refractivity contribution is 5.94. The van der Waals surface area contributed by atoms with Gasteiger partial charge >= 0.3 is 0 Å². The van der Waals surface area contributed by atoms with Crippen LogP contribution in [-0.4, -0.2) is 10.9 Å². The summed E-state index contributed by atoms with van der Waals surface area (Å²) in [7, 11) is 0. The second kappa shape index (κ2) is 15.1. The number of aliphatic hydroxyl groups is 1. The van der Waals surface area contributed by atoms with Crippen LogP contribution in [0.1, 0.15) is 95.1 Å². The molecule has 0 amide bonds. The molecule has 0 aliphatic rings. The first kappa shape index (κ1) is 23.1. The van der Waals surface area contributed by atoms with Gasteiger partial charge in [-0.05, 0) is 12.0 Å². The normalized spacial score (nSPS) is 11.5. The molecule has 5 N–H and O–H groups in total. The summed E-state index contributed by atoms with van der Waals surface area (Å²) in [6.07, 6.45) is 16.9. The number of unbranched alkanes of at least 4 members (excludes halogenated alkanes) is 10. The standard InChI is InChI=1S/C23H39N3O/c1-2-3-4-5-6-7-8-9-10-11-12-13-22(27)19-26-18-20-14-16-21(17-15-20)23(24)25/h14-17,19,26-27H,2-13,18H2,1H3,(H3,24,25). The third-order valence-electron chi connectivity index (χ3n) is 4.88. The van der Waals surface area contributed by atoms with Gasteiger partial charge in [-0.2, -0.15) is 0 Å². The van der Waals surface area contributed by atoms with Crippen molar-refractivity contribution in [2.45, 2.75) is 90.5 Å². The third kappa shape index (κ3) is 12.1. The zero-order valence-corrected chi connectivity index (χ0v) is 17.1. The molecule has 0 aromatic heterocycles. The van der Waals surface area contributed by atoms with E-state index < -0.39 is 0 Å². The highest BCUT2D eigenvalue weighted by Crippen LogP contribution is 2.13. The van der Waals surface area contributed by atoms with E-state index in [1.165, 1.54) is 64.2 Å². The summed E-state index contributed by atoms with van der Waals surface area (Å²) >= 11 is 0. The Balaban J connectivity index is 2.00. The number of allylic oxidation sites excluding steroid dienone is 1. The number of amidine groups is 1. The van der Waals surface area contributed by atoms with Gasteiger partial charge in [-0.15, -0.1) is 0 Å². The number of nitrogen functional groups attached to an aromatic ring is 1. The molecular weight excluding hydrogens is 334 g/mol. The van der Waals surface area contributed by atoms with Gasteiger partial charge in [-0.1, -0.05) is 95.4 Å². The number of hydrogen-bond donors (Lipinski definition) is 4. The van der Waals surface area contributed by atoms with Crippen LogP contribution in [0.2, 0.25) is 0 Å². The van der Waals surface area contributed by atoms with Crippen molar-refractivity contribution >= 4 is 5.84 Å². The van der Waals surface area contributed by atoms with Crippen molar-refractivity contribution in [1.82, 2.24) is 5.32 Å². The molecule has 0 bridgehead atoms. The molecule has 1 aromatic carbocycles. The first-order valence-electron chi connectivity index (χ1n) is 10.7. The zero-order chi connectivity index (χ0) is 19.7. The molecule has 0 aliphatic heterocycles. The predicted octanol–water partition coefficient (Wildman–Crippen LogP) is 6.16. The fourth-order valence-corrected chi connectivity index (χ4v) is 3.13. The Morgan fingerprint density at radius 1 is 0.926 bits per heavy atom. The highest BCUT2D eigenvalue weighted by atomic mass is 16.3. The molecule has 0 saturated carbocycles. The fourth-order valence-electron chi connectivity index (χ4n) is 3.13. The third-order valence-corrected chi connectivity index (χ3v) is 4.88. The van der Waals surface area contributed by atoms with Gasteiger partial charge in [0.1, 0.15) is 11.6 Å². The molecule has 27 heavy (non-hydrogen) atoms. The van der Waals surface area contributed by atoms with Gasteiger partial charge < -0.3 is 16.2 Å². The van der Waals surface area contributed by atoms with Crippen LogP contribution in [0.15, 0.2) is 36.2 Å². The van der Waals surface area contributed by atoms with Crippen LogP contribution >= 0.6 is 0 Å². The number of rotatable bonds is 16. The predicted molar refractivity (Wildman–Crippen MR) is 116 cm³/mol. The van der Waals surface area contributed by atoms with E-state index in [4.69, 9.17) is 11.1 Å². The molecule has 4 nitrogen and oxygen atoms in total. The molecule has 0 heterocycles. The Bertz CT molecular complexity index is 537. The molecule has 0 fully saturated rings. The number of aliphatic hydroxyl groups excluding tert-OH is 1. The van der Waals surface area contributed by atoms with Crippen molar-refractivity contribution in [2.24, 2.45) is 5.73 Å². The van der Waals surface area contributed by atoms with E-state index in [1.807, 2.05) is 24.3 Å². The number of nitrogens with one attached hydrogen (secondary N) is 2. The molecule has 1 rings (SSSR count). The quantitative estimate of drug-likeness (QED) is 0.121. The Hall–Kier alpha value is -1.97. The molecule has 0 aliphatic carbocycles. The summed E-state index contributed by atoms with van der Waals surface area (Å²) in [6, 6.07) is 7.57. The lowest BCUT2D eigenvalue weighted by Gasteiger charge is -2.05. The molecule has 152 valence electrons. The zero-order valence-electron chi connectivity index (χ0n) is 17.1. The lowest BCUT2D eigenvalue weighted by Crippen LogP contribution is -2.11. The van der Waals surface area contributed by atoms with E-state index in [1.54, 1.807) is 6.20 Å². The maximum Gasteiger partial charge on any atom is 0.122 e. The van der Waals surface area contributed by atoms with Gasteiger partial charge in [0, 0.05) is 24.7 Å². The summed E-state index contributed by atoms with van der Waals surface area (Å²) in [5, 5.41) is 20.5. The van der Waals surface area contributed by atoms with Crippen molar-refractivity contribution in [3.8, 4) is 0 Å². The minimum Gasteiger partial charge on any atom is -0.511 e. The van der Waals surface area contributed by atoms with Crippen molar-refractivity contribution in [3.63, 3.8) is 0 Å². The smallest absolute Gasteiger partial charge is 0.122 e. The van der Waals surface area contributed by atoms with E-state index in [2.05, 4.69) is 12.2 Å². The second-order valence-corrected chi connectivity index (χ2v) is 7.41. The maximum atomic E-state index is 9.94. The Kier molecular flexibility index (Phi) is 12.9. The topological polar surface area (TPSA) is 82.1 Å². The number of benzene rings is 1. The molecule has 1 aromatic rings. The van der Waals surface area contributed by atoms with Crippen LogP contribution in [0.25, 0.3) is 0 Å². The molecule has 0 atom stereocenters. The molecule has 0 spiro atoms. The summed E-state index contributed by atoms with van der Waals surface area (Å²) < 4.78 is 0. The Morgan fingerprint density at radius 3 is 1.96 bits per heavy atom. The van der Waals surface area contributed by atoms with Crippen LogP contribution < -0.4 is 11.1 Å². The molecule has 4 heteroatoms. The van der Waals surface area contributed by atoms with E-state index in [0.717, 1.165) is 24.0 Å². The highest BCUT2D eigenvalue weighted by Gasteiger charge is 1.98. The van der Waals surface area contributed by atoms with Crippen LogP contribution in [0, 0.1) is 5.41 Å². The average Bonchev–Trinajstić information content (AvgIpc) is 2.66. The van der Waals surface area contributed by atoms with E-state index in [0.29, 0.717) is 12.3 Å². The van der Waals surface area contributed by atoms with E-state index >= 15 is 0 Å². The minimum atomic E-state index is 0.0824. The minimum absolute atomic E-state index is 0.0824. The van der Waals surface area contributed by atoms with Crippen LogP contribution in [-0.2, 0) is 6.54 Å². The van der Waals surface area contributed by atoms with Gasteiger partial charge in [-0.3, -0.25) is 5.41 Å². The first-order valence-corrected chi connectivity index (χ1v) is 10.7. The van der Waals surface area contributed by atoms with Crippen LogP contribution in [0.5, 0.6) is 0 Å². The lowest BCUT2D eigenvalue weighted by atomic mass is 10.1. The van der Waals surface area contributed by atoms with Crippen LogP contribution in [0.4, 0.5) is 0 Å². The van der Waals surface area contributed by atoms with Gasteiger partial charge in [0.15, 0.2) is 0 Å². The Labute approximate surface area is 165 Å². The average molecular weight is 374 g/mol. The number of hydrogen-bond acceptors (Lipinski definition) is 3. The lowest BCUT2D eigenvalue weighted by molar-refractivity contribution is 0.375. The first-order chi connectivity index (χ1) is 13.1. The van der Waals surface area contributed by atoms with Crippen LogP contribution in [0.3, 0.4) is 0 Å². The Morgan fingerprint density at radius 2 is 1.44 bits per heavy atom. The van der Waals surface area contributed by atoms with Crippen molar-refractivity contribution in [1.29, 1.82) is 5.41 Å². The SMILES string of the molecule is CCCCCCCCCCCCCC(O)=CNCc1ccc(C(=N)N)cc1. The summed E-state index contributed by atoms with van der Waals surface area (Å²) in [5.41, 5.74) is 7.27. The second-order valence-electron chi connectivity index (χ2n) is 7.41. The van der Waals surface area contributed by atoms with Crippen molar-refractivity contribution < 1.29 is 5.11 Å². The molecule has 0 radical (unpaired) electrons. The molecule has 0 saturated heterocycles. The van der Waals surface area contributed by atoms with E-state index in [-0.39, 0.29) is 5.84 Å². The van der Waals surface area contributed by atoms with Gasteiger partial charge in [0.05, 0.1) is 0 Å². The van der Waals surface area contributed by atoms with Gasteiger partial charge in [-0.25, -0.2) is 0 Å². The largest absolute Gasteiger partial charge is 0.511 e. The molecule has 0 unspecified atom stereocenters. The van der Waals surface area contributed by atoms with E-state index in [9.17, 15) is 5.11 Å². The summed E-state index contributed by atoms with van der Waals surface area (Å²) in [5.74, 6) is 0.505. The maximum absolute atomic E-state index is 9.94. The number of nitrogens with two attached hydrogens (primary N) is 1. The van der Waals surface area contributed by atoms with Gasteiger partial charge in [0.2, 0.25) is 0 Å². The van der Waals surface area contributed by atoms with Gasteiger partial charge in [0.25, 0.3) is 0 Å². The summed E-state index contributed by atoms with van der Waals surface area (Å²) in [6.45, 7) is 2.92. The molecular formula is C23H39N3O. The van der Waals surface area contributed by atoms with Crippen molar-refractivity contribution in [3.05, 3.63) is 47.4 Å². The van der Waals surface area contributed by atoms with Crippen molar-refractivity contribution in [2.75, 3.05) is 0 Å². The summed E-state index contributed by atoms with van der Waals surface area (Å²) in [4.78, 5) is 0. The fraction of sp³-hybridized carbons (Fsp3) is 0.609. The monoisotopic (exact) mass is 373 g/mol.